The number of nitrogens with zero attached hydrogens (tertiary/aromatic N) is 1. The molecule has 3 aromatic rings. The Morgan fingerprint density at radius 3 is 2.62 bits per heavy atom. The molecule has 0 heterocycles. The molecule has 0 aromatic heterocycles. The van der Waals surface area contributed by atoms with E-state index in [9.17, 15) is 9.90 Å². The molecule has 0 saturated carbocycles. The van der Waals surface area contributed by atoms with E-state index in [1.165, 1.54) is 6.21 Å². The van der Waals surface area contributed by atoms with Crippen molar-refractivity contribution in [2.75, 3.05) is 6.61 Å². The third-order valence-electron chi connectivity index (χ3n) is 3.44. The molecule has 0 aliphatic carbocycles. The average Bonchev–Trinajstić information content (AvgIpc) is 2.63. The number of fused-ring (bicyclic) bond motifs is 1. The first-order chi connectivity index (χ1) is 11.7. The van der Waals surface area contributed by atoms with Crippen LogP contribution in [0, 0.1) is 0 Å². The topological polar surface area (TPSA) is 70.9 Å². The van der Waals surface area contributed by atoms with Crippen LogP contribution in [-0.4, -0.2) is 23.8 Å². The van der Waals surface area contributed by atoms with Gasteiger partial charge in [0.25, 0.3) is 5.91 Å². The number of hydrogen-bond donors (Lipinski definition) is 2. The minimum absolute atomic E-state index is 0.131. The molecular weight excluding hydrogens is 304 g/mol. The molecule has 24 heavy (non-hydrogen) atoms. The maximum Gasteiger partial charge on any atom is 0.277 e. The standard InChI is InChI=1S/C19H16N2O3/c22-18(13-24-16-7-2-1-3-8-16)21-20-12-15-11-10-14-6-4-5-9-17(14)19(15)23/h1-12,23H,13H2,(H,21,22)/b20-12+. The fourth-order valence-corrected chi connectivity index (χ4v) is 2.25. The second-order valence-electron chi connectivity index (χ2n) is 5.12. The molecule has 0 unspecified atom stereocenters. The summed E-state index contributed by atoms with van der Waals surface area (Å²) < 4.78 is 5.32. The van der Waals surface area contributed by atoms with Crippen LogP contribution in [0.4, 0.5) is 0 Å². The number of rotatable bonds is 5. The number of carbonyl (C=O) groups is 1. The predicted molar refractivity (Wildman–Crippen MR) is 93.3 cm³/mol. The van der Waals surface area contributed by atoms with Crippen molar-refractivity contribution in [3.05, 3.63) is 72.3 Å². The number of benzene rings is 3. The monoisotopic (exact) mass is 320 g/mol. The number of hydrazone groups is 1. The van der Waals surface area contributed by atoms with Gasteiger partial charge < -0.3 is 9.84 Å². The van der Waals surface area contributed by atoms with Gasteiger partial charge in [-0.05, 0) is 23.6 Å². The Hall–Kier alpha value is -3.34. The van der Waals surface area contributed by atoms with Gasteiger partial charge in [0, 0.05) is 10.9 Å². The second kappa shape index (κ2) is 7.28. The number of aromatic hydroxyl groups is 1. The van der Waals surface area contributed by atoms with Crippen LogP contribution >= 0.6 is 0 Å². The molecule has 2 N–H and O–H groups in total. The largest absolute Gasteiger partial charge is 0.507 e. The summed E-state index contributed by atoms with van der Waals surface area (Å²) in [4.78, 5) is 11.7. The van der Waals surface area contributed by atoms with Gasteiger partial charge in [-0.1, -0.05) is 48.5 Å². The first-order valence-electron chi connectivity index (χ1n) is 7.44. The Morgan fingerprint density at radius 2 is 1.79 bits per heavy atom. The lowest BCUT2D eigenvalue weighted by molar-refractivity contribution is -0.123. The van der Waals surface area contributed by atoms with Gasteiger partial charge in [0.15, 0.2) is 6.61 Å². The van der Waals surface area contributed by atoms with Crippen LogP contribution in [0.25, 0.3) is 10.8 Å². The molecule has 0 aliphatic heterocycles. The zero-order valence-corrected chi connectivity index (χ0v) is 12.8. The van der Waals surface area contributed by atoms with Crippen molar-refractivity contribution >= 4 is 22.9 Å². The summed E-state index contributed by atoms with van der Waals surface area (Å²) in [5.74, 6) is 0.366. The van der Waals surface area contributed by atoms with Gasteiger partial charge >= 0.3 is 0 Å². The molecule has 0 bridgehead atoms. The zero-order chi connectivity index (χ0) is 16.8. The number of phenolic OH excluding ortho intramolecular Hbond substituents is 1. The van der Waals surface area contributed by atoms with Gasteiger partial charge in [0.2, 0.25) is 0 Å². The molecule has 5 nitrogen and oxygen atoms in total. The molecule has 0 saturated heterocycles. The minimum Gasteiger partial charge on any atom is -0.507 e. The Bertz CT molecular complexity index is 876. The molecular formula is C19H16N2O3. The smallest absolute Gasteiger partial charge is 0.277 e. The molecule has 0 radical (unpaired) electrons. The predicted octanol–water partition coefficient (Wildman–Crippen LogP) is 3.07. The van der Waals surface area contributed by atoms with E-state index in [2.05, 4.69) is 10.5 Å². The van der Waals surface area contributed by atoms with Crippen molar-refractivity contribution < 1.29 is 14.6 Å². The van der Waals surface area contributed by atoms with Crippen molar-refractivity contribution in [2.24, 2.45) is 5.10 Å². The third-order valence-corrected chi connectivity index (χ3v) is 3.44. The molecule has 0 atom stereocenters. The van der Waals surface area contributed by atoms with Crippen LogP contribution in [0.15, 0.2) is 71.8 Å². The lowest BCUT2D eigenvalue weighted by Crippen LogP contribution is -2.24. The lowest BCUT2D eigenvalue weighted by Gasteiger charge is -2.05. The highest BCUT2D eigenvalue weighted by Crippen LogP contribution is 2.27. The fraction of sp³-hybridized carbons (Fsp3) is 0.0526. The van der Waals surface area contributed by atoms with Crippen molar-refractivity contribution in [1.29, 1.82) is 0 Å². The van der Waals surface area contributed by atoms with Crippen LogP contribution in [0.2, 0.25) is 0 Å². The summed E-state index contributed by atoms with van der Waals surface area (Å²) in [7, 11) is 0. The molecule has 3 aromatic carbocycles. The summed E-state index contributed by atoms with van der Waals surface area (Å²) in [6.07, 6.45) is 1.40. The van der Waals surface area contributed by atoms with Gasteiger partial charge in [-0.25, -0.2) is 5.43 Å². The van der Waals surface area contributed by atoms with E-state index < -0.39 is 0 Å². The first-order valence-corrected chi connectivity index (χ1v) is 7.44. The third kappa shape index (κ3) is 3.70. The zero-order valence-electron chi connectivity index (χ0n) is 12.8. The highest BCUT2D eigenvalue weighted by molar-refractivity contribution is 5.97. The lowest BCUT2D eigenvalue weighted by atomic mass is 10.1. The van der Waals surface area contributed by atoms with E-state index in [-0.39, 0.29) is 18.3 Å². The summed E-state index contributed by atoms with van der Waals surface area (Å²) >= 11 is 0. The van der Waals surface area contributed by atoms with E-state index in [0.717, 1.165) is 10.8 Å². The maximum atomic E-state index is 11.7. The number of amides is 1. The first kappa shape index (κ1) is 15.6. The molecule has 0 aliphatic rings. The minimum atomic E-state index is -0.379. The van der Waals surface area contributed by atoms with Crippen LogP contribution in [0.5, 0.6) is 11.5 Å². The number of nitrogens with one attached hydrogen (secondary N) is 1. The Labute approximate surface area is 139 Å². The van der Waals surface area contributed by atoms with Crippen LogP contribution in [0.3, 0.4) is 0 Å². The normalized spacial score (nSPS) is 10.8. The Kier molecular flexibility index (Phi) is 4.72. The van der Waals surface area contributed by atoms with Crippen molar-refractivity contribution in [1.82, 2.24) is 5.43 Å². The fourth-order valence-electron chi connectivity index (χ4n) is 2.25. The summed E-state index contributed by atoms with van der Waals surface area (Å²) in [5, 5.41) is 15.8. The number of carbonyl (C=O) groups excluding carboxylic acids is 1. The maximum absolute atomic E-state index is 11.7. The quantitative estimate of drug-likeness (QED) is 0.560. The van der Waals surface area contributed by atoms with Crippen LogP contribution in [0.1, 0.15) is 5.56 Å². The van der Waals surface area contributed by atoms with E-state index in [1.807, 2.05) is 48.5 Å². The number of ether oxygens (including phenoxy) is 1. The molecule has 0 fully saturated rings. The van der Waals surface area contributed by atoms with Crippen LogP contribution in [-0.2, 0) is 4.79 Å². The Morgan fingerprint density at radius 1 is 1.04 bits per heavy atom. The Balaban J connectivity index is 1.60. The van der Waals surface area contributed by atoms with E-state index >= 15 is 0 Å². The van der Waals surface area contributed by atoms with E-state index in [0.29, 0.717) is 11.3 Å². The summed E-state index contributed by atoms with van der Waals surface area (Å²) in [5.41, 5.74) is 2.90. The van der Waals surface area contributed by atoms with Gasteiger partial charge in [0.05, 0.1) is 6.21 Å². The van der Waals surface area contributed by atoms with Gasteiger partial charge in [0.1, 0.15) is 11.5 Å². The molecule has 0 spiro atoms. The van der Waals surface area contributed by atoms with Gasteiger partial charge in [-0.15, -0.1) is 0 Å². The summed E-state index contributed by atoms with van der Waals surface area (Å²) in [6.45, 7) is -0.134. The highest BCUT2D eigenvalue weighted by atomic mass is 16.5. The van der Waals surface area contributed by atoms with Crippen molar-refractivity contribution in [3.8, 4) is 11.5 Å². The molecule has 5 heteroatoms. The van der Waals surface area contributed by atoms with Crippen molar-refractivity contribution in [3.63, 3.8) is 0 Å². The molecule has 3 rings (SSSR count). The second-order valence-corrected chi connectivity index (χ2v) is 5.12. The van der Waals surface area contributed by atoms with E-state index in [1.54, 1.807) is 18.2 Å². The summed E-state index contributed by atoms with van der Waals surface area (Å²) in [6, 6.07) is 20.2. The number of hydrogen-bond acceptors (Lipinski definition) is 4. The van der Waals surface area contributed by atoms with Crippen molar-refractivity contribution in [2.45, 2.75) is 0 Å². The highest BCUT2D eigenvalue weighted by Gasteiger charge is 2.04. The van der Waals surface area contributed by atoms with Gasteiger partial charge in [-0.2, -0.15) is 5.10 Å². The average molecular weight is 320 g/mol. The number of phenols is 1. The SMILES string of the molecule is O=C(COc1ccccc1)N/N=C/c1ccc2ccccc2c1O. The van der Waals surface area contributed by atoms with Crippen LogP contribution < -0.4 is 10.2 Å². The molecule has 1 amide bonds. The van der Waals surface area contributed by atoms with Gasteiger partial charge in [-0.3, -0.25) is 4.79 Å². The molecule has 120 valence electrons. The number of para-hydroxylation sites is 1. The van der Waals surface area contributed by atoms with E-state index in [4.69, 9.17) is 4.74 Å².